The molecular formula is C16H14O3. The summed E-state index contributed by atoms with van der Waals surface area (Å²) in [5.41, 5.74) is 1.35. The summed E-state index contributed by atoms with van der Waals surface area (Å²) in [5.74, 6) is 0.133. The summed E-state index contributed by atoms with van der Waals surface area (Å²) in [6, 6.07) is 7.36. The second kappa shape index (κ2) is 5.48. The van der Waals surface area contributed by atoms with Crippen LogP contribution in [0.5, 0.6) is 5.75 Å². The van der Waals surface area contributed by atoms with Gasteiger partial charge in [-0.1, -0.05) is 18.2 Å². The van der Waals surface area contributed by atoms with Crippen LogP contribution in [0, 0.1) is 0 Å². The summed E-state index contributed by atoms with van der Waals surface area (Å²) in [7, 11) is 1.59. The lowest BCUT2D eigenvalue weighted by Gasteiger charge is -2.17. The average molecular weight is 254 g/mol. The van der Waals surface area contributed by atoms with Crippen LogP contribution in [0.4, 0.5) is 0 Å². The van der Waals surface area contributed by atoms with E-state index in [4.69, 9.17) is 4.74 Å². The zero-order valence-corrected chi connectivity index (χ0v) is 10.6. The number of carbonyl (C=O) groups is 2. The first-order valence-corrected chi connectivity index (χ1v) is 5.90. The summed E-state index contributed by atoms with van der Waals surface area (Å²) < 4.78 is 5.09. The number of carbonyl (C=O) groups excluding carboxylic acids is 2. The Hall–Kier alpha value is -2.42. The Kier molecular flexibility index (Phi) is 3.76. The Morgan fingerprint density at radius 2 is 1.84 bits per heavy atom. The predicted octanol–water partition coefficient (Wildman–Crippen LogP) is 2.60. The number of allylic oxidation sites excluding steroid dienone is 5. The SMILES string of the molecule is C=CC(C1=CC(=O)C=CC1=O)c1ccc(OC)cc1. The molecule has 1 aromatic carbocycles. The highest BCUT2D eigenvalue weighted by Crippen LogP contribution is 2.29. The maximum atomic E-state index is 11.9. The normalized spacial score (nSPS) is 15.9. The highest BCUT2D eigenvalue weighted by atomic mass is 16.5. The molecule has 0 saturated carbocycles. The summed E-state index contributed by atoms with van der Waals surface area (Å²) in [4.78, 5) is 23.3. The Labute approximate surface area is 111 Å². The zero-order valence-electron chi connectivity index (χ0n) is 10.6. The van der Waals surface area contributed by atoms with E-state index in [1.165, 1.54) is 18.2 Å². The van der Waals surface area contributed by atoms with Gasteiger partial charge in [-0.3, -0.25) is 9.59 Å². The lowest BCUT2D eigenvalue weighted by molar-refractivity contribution is -0.114. The molecule has 96 valence electrons. The molecule has 1 atom stereocenters. The molecule has 0 amide bonds. The van der Waals surface area contributed by atoms with Gasteiger partial charge in [-0.25, -0.2) is 0 Å². The van der Waals surface area contributed by atoms with Crippen molar-refractivity contribution < 1.29 is 14.3 Å². The first-order chi connectivity index (χ1) is 9.15. The van der Waals surface area contributed by atoms with Crippen molar-refractivity contribution in [2.45, 2.75) is 5.92 Å². The van der Waals surface area contributed by atoms with Crippen molar-refractivity contribution in [3.63, 3.8) is 0 Å². The van der Waals surface area contributed by atoms with Crippen LogP contribution in [0.3, 0.4) is 0 Å². The summed E-state index contributed by atoms with van der Waals surface area (Å²) in [5, 5.41) is 0. The second-order valence-corrected chi connectivity index (χ2v) is 4.19. The van der Waals surface area contributed by atoms with E-state index in [0.29, 0.717) is 5.57 Å². The molecule has 0 bridgehead atoms. The third-order valence-electron chi connectivity index (χ3n) is 3.03. The Morgan fingerprint density at radius 1 is 1.16 bits per heavy atom. The number of rotatable bonds is 4. The Balaban J connectivity index is 2.36. The van der Waals surface area contributed by atoms with Crippen molar-refractivity contribution in [1.29, 1.82) is 0 Å². The molecule has 3 heteroatoms. The van der Waals surface area contributed by atoms with Crippen molar-refractivity contribution in [3.8, 4) is 5.75 Å². The molecule has 0 aliphatic heterocycles. The fourth-order valence-electron chi connectivity index (χ4n) is 2.02. The first kappa shape index (κ1) is 13.0. The Bertz CT molecular complexity index is 577. The molecule has 1 aliphatic rings. The predicted molar refractivity (Wildman–Crippen MR) is 73.2 cm³/mol. The fourth-order valence-corrected chi connectivity index (χ4v) is 2.02. The highest BCUT2D eigenvalue weighted by molar-refractivity contribution is 6.18. The lowest BCUT2D eigenvalue weighted by atomic mass is 9.86. The third kappa shape index (κ3) is 2.71. The van der Waals surface area contributed by atoms with Crippen LogP contribution in [0.15, 0.2) is 60.7 Å². The monoisotopic (exact) mass is 254 g/mol. The van der Waals surface area contributed by atoms with Gasteiger partial charge in [0.05, 0.1) is 7.11 Å². The van der Waals surface area contributed by atoms with Crippen LogP contribution in [0.1, 0.15) is 11.5 Å². The van der Waals surface area contributed by atoms with E-state index in [9.17, 15) is 9.59 Å². The summed E-state index contributed by atoms with van der Waals surface area (Å²) in [6.07, 6.45) is 5.62. The minimum absolute atomic E-state index is 0.152. The van der Waals surface area contributed by atoms with E-state index in [1.54, 1.807) is 13.2 Å². The summed E-state index contributed by atoms with van der Waals surface area (Å²) >= 11 is 0. The number of methoxy groups -OCH3 is 1. The van der Waals surface area contributed by atoms with Crippen LogP contribution in [0.2, 0.25) is 0 Å². The standard InChI is InChI=1S/C16H14O3/c1-3-14(11-4-7-13(19-2)8-5-11)15-10-12(17)6-9-16(15)18/h3-10,14H,1H2,2H3. The lowest BCUT2D eigenvalue weighted by Crippen LogP contribution is -2.13. The molecule has 0 fully saturated rings. The number of benzene rings is 1. The summed E-state index contributed by atoms with van der Waals surface area (Å²) in [6.45, 7) is 3.75. The van der Waals surface area contributed by atoms with Crippen molar-refractivity contribution in [2.75, 3.05) is 7.11 Å². The Morgan fingerprint density at radius 3 is 2.42 bits per heavy atom. The van der Waals surface area contributed by atoms with Crippen molar-refractivity contribution in [1.82, 2.24) is 0 Å². The first-order valence-electron chi connectivity index (χ1n) is 5.90. The van der Waals surface area contributed by atoms with Crippen LogP contribution < -0.4 is 4.74 Å². The van der Waals surface area contributed by atoms with Crippen molar-refractivity contribution in [3.05, 3.63) is 66.3 Å². The minimum Gasteiger partial charge on any atom is -0.497 e. The van der Waals surface area contributed by atoms with E-state index in [1.807, 2.05) is 24.3 Å². The van der Waals surface area contributed by atoms with Gasteiger partial charge in [0.1, 0.15) is 5.75 Å². The van der Waals surface area contributed by atoms with Crippen LogP contribution >= 0.6 is 0 Å². The van der Waals surface area contributed by atoms with Crippen LogP contribution in [-0.4, -0.2) is 18.7 Å². The van der Waals surface area contributed by atoms with Gasteiger partial charge in [0.15, 0.2) is 11.6 Å². The second-order valence-electron chi connectivity index (χ2n) is 4.19. The minimum atomic E-state index is -0.285. The molecule has 1 unspecified atom stereocenters. The molecule has 0 radical (unpaired) electrons. The molecule has 1 aromatic rings. The molecule has 0 spiro atoms. The molecule has 19 heavy (non-hydrogen) atoms. The number of ether oxygens (including phenoxy) is 1. The smallest absolute Gasteiger partial charge is 0.183 e. The largest absolute Gasteiger partial charge is 0.497 e. The molecule has 0 heterocycles. The van der Waals surface area contributed by atoms with Gasteiger partial charge in [-0.15, -0.1) is 6.58 Å². The number of hydrogen-bond donors (Lipinski definition) is 0. The maximum Gasteiger partial charge on any atom is 0.183 e. The number of ketones is 2. The maximum absolute atomic E-state index is 11.9. The van der Waals surface area contributed by atoms with E-state index >= 15 is 0 Å². The molecule has 0 aromatic heterocycles. The van der Waals surface area contributed by atoms with Gasteiger partial charge in [0.25, 0.3) is 0 Å². The number of hydrogen-bond acceptors (Lipinski definition) is 3. The topological polar surface area (TPSA) is 43.4 Å². The third-order valence-corrected chi connectivity index (χ3v) is 3.03. The molecule has 0 saturated heterocycles. The van der Waals surface area contributed by atoms with Gasteiger partial charge in [-0.2, -0.15) is 0 Å². The van der Waals surface area contributed by atoms with Crippen LogP contribution in [-0.2, 0) is 9.59 Å². The quantitative estimate of drug-likeness (QED) is 0.612. The van der Waals surface area contributed by atoms with Gasteiger partial charge < -0.3 is 4.74 Å². The molecule has 1 aliphatic carbocycles. The van der Waals surface area contributed by atoms with Crippen molar-refractivity contribution >= 4 is 11.6 Å². The average Bonchev–Trinajstić information content (AvgIpc) is 2.44. The van der Waals surface area contributed by atoms with Gasteiger partial charge in [0, 0.05) is 11.5 Å². The van der Waals surface area contributed by atoms with Crippen LogP contribution in [0.25, 0.3) is 0 Å². The van der Waals surface area contributed by atoms with Gasteiger partial charge in [0.2, 0.25) is 0 Å². The van der Waals surface area contributed by atoms with Gasteiger partial charge >= 0.3 is 0 Å². The van der Waals surface area contributed by atoms with E-state index in [0.717, 1.165) is 11.3 Å². The van der Waals surface area contributed by atoms with Crippen molar-refractivity contribution in [2.24, 2.45) is 0 Å². The van der Waals surface area contributed by atoms with E-state index in [-0.39, 0.29) is 17.5 Å². The van der Waals surface area contributed by atoms with Gasteiger partial charge in [-0.05, 0) is 35.9 Å². The van der Waals surface area contributed by atoms with E-state index < -0.39 is 0 Å². The molecule has 2 rings (SSSR count). The molecular weight excluding hydrogens is 240 g/mol. The molecule has 0 N–H and O–H groups in total. The zero-order chi connectivity index (χ0) is 13.8. The van der Waals surface area contributed by atoms with E-state index in [2.05, 4.69) is 6.58 Å². The molecule has 3 nitrogen and oxygen atoms in total. The fraction of sp³-hybridized carbons (Fsp3) is 0.125. The highest BCUT2D eigenvalue weighted by Gasteiger charge is 2.21.